The molecule has 6 nitrogen and oxygen atoms in total. The quantitative estimate of drug-likeness (QED) is 0.684. The van der Waals surface area contributed by atoms with E-state index < -0.39 is 0 Å². The Morgan fingerprint density at radius 3 is 2.62 bits per heavy atom. The van der Waals surface area contributed by atoms with E-state index in [9.17, 15) is 4.79 Å². The molecule has 0 radical (unpaired) electrons. The SMILES string of the molecule is CCn1c(-c2ccc3c(c2)OCCO3)cnc1SCC(=O)N1[C@@H](C)CCC[C@@H]1C. The van der Waals surface area contributed by atoms with Gasteiger partial charge in [0.25, 0.3) is 0 Å². The molecule has 2 aliphatic rings. The van der Waals surface area contributed by atoms with Gasteiger partial charge >= 0.3 is 0 Å². The smallest absolute Gasteiger partial charge is 0.233 e. The van der Waals surface area contributed by atoms with Crippen LogP contribution in [0.15, 0.2) is 29.6 Å². The van der Waals surface area contributed by atoms with Crippen LogP contribution in [0.2, 0.25) is 0 Å². The van der Waals surface area contributed by atoms with Crippen LogP contribution < -0.4 is 9.47 Å². The molecule has 2 atom stereocenters. The molecular weight excluding hydrogens is 386 g/mol. The monoisotopic (exact) mass is 415 g/mol. The van der Waals surface area contributed by atoms with Crippen LogP contribution in [-0.2, 0) is 11.3 Å². The Morgan fingerprint density at radius 1 is 1.17 bits per heavy atom. The summed E-state index contributed by atoms with van der Waals surface area (Å²) in [6, 6.07) is 6.64. The van der Waals surface area contributed by atoms with Gasteiger partial charge in [0.1, 0.15) is 13.2 Å². The molecule has 0 bridgehead atoms. The molecule has 0 unspecified atom stereocenters. The van der Waals surface area contributed by atoms with Gasteiger partial charge in [-0.25, -0.2) is 4.98 Å². The second-order valence-corrected chi connectivity index (χ2v) is 8.69. The number of thioether (sulfide) groups is 1. The van der Waals surface area contributed by atoms with E-state index in [1.807, 2.05) is 24.4 Å². The minimum Gasteiger partial charge on any atom is -0.486 e. The van der Waals surface area contributed by atoms with Crippen molar-refractivity contribution < 1.29 is 14.3 Å². The Labute approximate surface area is 176 Å². The van der Waals surface area contributed by atoms with Crippen molar-refractivity contribution in [2.45, 2.75) is 63.8 Å². The highest BCUT2D eigenvalue weighted by molar-refractivity contribution is 7.99. The third-order valence-corrected chi connectivity index (χ3v) is 6.75. The summed E-state index contributed by atoms with van der Waals surface area (Å²) in [5.41, 5.74) is 2.07. The van der Waals surface area contributed by atoms with Crippen LogP contribution in [0, 0.1) is 0 Å². The van der Waals surface area contributed by atoms with E-state index in [0.29, 0.717) is 31.1 Å². The Kier molecular flexibility index (Phi) is 6.04. The first-order chi connectivity index (χ1) is 14.1. The minimum absolute atomic E-state index is 0.209. The lowest BCUT2D eigenvalue weighted by Crippen LogP contribution is -2.48. The first-order valence-corrected chi connectivity index (χ1v) is 11.5. The number of imidazole rings is 1. The van der Waals surface area contributed by atoms with Gasteiger partial charge in [0.2, 0.25) is 5.91 Å². The number of piperidine rings is 1. The summed E-state index contributed by atoms with van der Waals surface area (Å²) in [6.07, 6.45) is 5.28. The second kappa shape index (κ2) is 8.69. The number of likely N-dealkylation sites (tertiary alicyclic amines) is 1. The average Bonchev–Trinajstić information content (AvgIpc) is 3.14. The molecule has 156 valence electrons. The number of benzene rings is 1. The summed E-state index contributed by atoms with van der Waals surface area (Å²) in [5, 5.41) is 0.878. The lowest BCUT2D eigenvalue weighted by atomic mass is 9.98. The van der Waals surface area contributed by atoms with Crippen molar-refractivity contribution in [3.05, 3.63) is 24.4 Å². The number of fused-ring (bicyclic) bond motifs is 1. The van der Waals surface area contributed by atoms with Crippen molar-refractivity contribution in [3.8, 4) is 22.8 Å². The van der Waals surface area contributed by atoms with Crippen LogP contribution in [0.25, 0.3) is 11.3 Å². The van der Waals surface area contributed by atoms with E-state index in [4.69, 9.17) is 9.47 Å². The fraction of sp³-hybridized carbons (Fsp3) is 0.545. The summed E-state index contributed by atoms with van der Waals surface area (Å²) in [4.78, 5) is 19.5. The molecule has 0 aliphatic carbocycles. The third kappa shape index (κ3) is 4.10. The molecule has 29 heavy (non-hydrogen) atoms. The zero-order valence-corrected chi connectivity index (χ0v) is 18.2. The average molecular weight is 416 g/mol. The summed E-state index contributed by atoms with van der Waals surface area (Å²) in [7, 11) is 0. The molecule has 0 spiro atoms. The number of nitrogens with zero attached hydrogens (tertiary/aromatic N) is 3. The molecule has 1 amide bonds. The molecule has 4 rings (SSSR count). The van der Waals surface area contributed by atoms with Gasteiger partial charge in [-0.15, -0.1) is 0 Å². The van der Waals surface area contributed by atoms with Crippen molar-refractivity contribution in [1.82, 2.24) is 14.5 Å². The molecule has 1 aromatic carbocycles. The van der Waals surface area contributed by atoms with Gasteiger partial charge in [-0.1, -0.05) is 11.8 Å². The van der Waals surface area contributed by atoms with Crippen molar-refractivity contribution in [2.75, 3.05) is 19.0 Å². The van der Waals surface area contributed by atoms with Crippen LogP contribution in [0.5, 0.6) is 11.5 Å². The van der Waals surface area contributed by atoms with Gasteiger partial charge < -0.3 is 18.9 Å². The Bertz CT molecular complexity index is 872. The molecule has 1 saturated heterocycles. The molecular formula is C22H29N3O3S. The number of hydrogen-bond donors (Lipinski definition) is 0. The first kappa shape index (κ1) is 20.1. The highest BCUT2D eigenvalue weighted by Crippen LogP contribution is 2.35. The molecule has 0 saturated carbocycles. The van der Waals surface area contributed by atoms with E-state index in [0.717, 1.165) is 47.3 Å². The molecule has 1 fully saturated rings. The summed E-state index contributed by atoms with van der Waals surface area (Å²) in [6.45, 7) is 8.36. The third-order valence-electron chi connectivity index (χ3n) is 5.78. The maximum absolute atomic E-state index is 12.9. The van der Waals surface area contributed by atoms with Gasteiger partial charge in [0.15, 0.2) is 16.7 Å². The van der Waals surface area contributed by atoms with Crippen molar-refractivity contribution in [3.63, 3.8) is 0 Å². The van der Waals surface area contributed by atoms with Gasteiger partial charge in [0.05, 0.1) is 17.6 Å². The standard InChI is InChI=1S/C22H29N3O3S/c1-4-24-18(17-8-9-19-20(12-17)28-11-10-27-19)13-23-22(24)29-14-21(26)25-15(2)6-5-7-16(25)3/h8-9,12-13,15-16H,4-7,10-11,14H2,1-3H3/t15-,16-/m0/s1. The highest BCUT2D eigenvalue weighted by Gasteiger charge is 2.29. The molecule has 2 aliphatic heterocycles. The topological polar surface area (TPSA) is 56.6 Å². The fourth-order valence-corrected chi connectivity index (χ4v) is 5.24. The first-order valence-electron chi connectivity index (χ1n) is 10.5. The lowest BCUT2D eigenvalue weighted by Gasteiger charge is -2.39. The maximum atomic E-state index is 12.9. The normalized spacial score (nSPS) is 21.3. The van der Waals surface area contributed by atoms with Gasteiger partial charge in [-0.2, -0.15) is 0 Å². The van der Waals surface area contributed by atoms with Crippen LogP contribution in [0.4, 0.5) is 0 Å². The highest BCUT2D eigenvalue weighted by atomic mass is 32.2. The maximum Gasteiger partial charge on any atom is 0.233 e. The van der Waals surface area contributed by atoms with Gasteiger partial charge in [-0.05, 0) is 58.2 Å². The van der Waals surface area contributed by atoms with Crippen LogP contribution in [0.1, 0.15) is 40.0 Å². The molecule has 0 N–H and O–H groups in total. The minimum atomic E-state index is 0.209. The van der Waals surface area contributed by atoms with Crippen molar-refractivity contribution in [1.29, 1.82) is 0 Å². The molecule has 3 heterocycles. The van der Waals surface area contributed by atoms with E-state index in [1.165, 1.54) is 18.2 Å². The van der Waals surface area contributed by atoms with E-state index in [2.05, 4.69) is 35.2 Å². The van der Waals surface area contributed by atoms with E-state index >= 15 is 0 Å². The summed E-state index contributed by atoms with van der Waals surface area (Å²) in [5.74, 6) is 2.19. The second-order valence-electron chi connectivity index (χ2n) is 7.75. The van der Waals surface area contributed by atoms with Gasteiger partial charge in [-0.3, -0.25) is 4.79 Å². The molecule has 7 heteroatoms. The summed E-state index contributed by atoms with van der Waals surface area (Å²) >= 11 is 1.53. The Balaban J connectivity index is 1.50. The summed E-state index contributed by atoms with van der Waals surface area (Å²) < 4.78 is 13.5. The number of rotatable bonds is 5. The number of carbonyl (C=O) groups is 1. The molecule has 2 aromatic rings. The fourth-order valence-electron chi connectivity index (χ4n) is 4.33. The van der Waals surface area contributed by atoms with E-state index in [-0.39, 0.29) is 5.91 Å². The van der Waals surface area contributed by atoms with Crippen molar-refractivity contribution in [2.24, 2.45) is 0 Å². The number of hydrogen-bond acceptors (Lipinski definition) is 5. The molecule has 1 aromatic heterocycles. The van der Waals surface area contributed by atoms with Crippen LogP contribution in [0.3, 0.4) is 0 Å². The van der Waals surface area contributed by atoms with Crippen molar-refractivity contribution >= 4 is 17.7 Å². The van der Waals surface area contributed by atoms with Gasteiger partial charge in [0, 0.05) is 24.2 Å². The van der Waals surface area contributed by atoms with Crippen LogP contribution >= 0.6 is 11.8 Å². The predicted molar refractivity (Wildman–Crippen MR) is 115 cm³/mol. The number of amides is 1. The Morgan fingerprint density at radius 2 is 1.90 bits per heavy atom. The Hall–Kier alpha value is -2.15. The lowest BCUT2D eigenvalue weighted by molar-refractivity contribution is -0.134. The number of carbonyl (C=O) groups excluding carboxylic acids is 1. The van der Waals surface area contributed by atoms with E-state index in [1.54, 1.807) is 0 Å². The predicted octanol–water partition coefficient (Wildman–Crippen LogP) is 4.22. The van der Waals surface area contributed by atoms with Crippen LogP contribution in [-0.4, -0.2) is 51.4 Å². The zero-order chi connectivity index (χ0) is 20.4. The number of aromatic nitrogens is 2. The zero-order valence-electron chi connectivity index (χ0n) is 17.4. The number of ether oxygens (including phenoxy) is 2. The largest absolute Gasteiger partial charge is 0.486 e.